The smallest absolute Gasteiger partial charge is 0.411 e. The summed E-state index contributed by atoms with van der Waals surface area (Å²) in [5, 5.41) is 21.6. The largest absolute Gasteiger partial charge is 0.508 e. The van der Waals surface area contributed by atoms with Gasteiger partial charge in [-0.05, 0) is 80.8 Å². The van der Waals surface area contributed by atoms with Crippen molar-refractivity contribution in [1.29, 1.82) is 0 Å². The van der Waals surface area contributed by atoms with E-state index in [0.29, 0.717) is 64.1 Å². The number of nitrogens with one attached hydrogen (secondary N) is 4. The van der Waals surface area contributed by atoms with E-state index in [1.165, 1.54) is 0 Å². The minimum Gasteiger partial charge on any atom is -0.508 e. The van der Waals surface area contributed by atoms with Gasteiger partial charge in [-0.2, -0.15) is 0 Å². The number of benzene rings is 3. The molecule has 2 fully saturated rings. The molecule has 0 aromatic heterocycles. The Morgan fingerprint density at radius 2 is 1.52 bits per heavy atom. The van der Waals surface area contributed by atoms with Crippen molar-refractivity contribution in [3.05, 3.63) is 84.4 Å². The van der Waals surface area contributed by atoms with Gasteiger partial charge in [0.15, 0.2) is 0 Å². The van der Waals surface area contributed by atoms with Gasteiger partial charge in [0.1, 0.15) is 11.9 Å². The summed E-state index contributed by atoms with van der Waals surface area (Å²) >= 11 is 0. The van der Waals surface area contributed by atoms with E-state index in [4.69, 9.17) is 4.74 Å². The molecule has 54 heavy (non-hydrogen) atoms. The summed E-state index contributed by atoms with van der Waals surface area (Å²) < 4.78 is 5.75. The summed E-state index contributed by atoms with van der Waals surface area (Å²) in [6.45, 7) is 6.20. The number of carbonyl (C=O) groups is 4. The summed E-state index contributed by atoms with van der Waals surface area (Å²) in [7, 11) is 0. The van der Waals surface area contributed by atoms with Crippen LogP contribution in [0.4, 0.5) is 10.5 Å². The summed E-state index contributed by atoms with van der Waals surface area (Å²) in [5.41, 5.74) is 3.67. The van der Waals surface area contributed by atoms with Gasteiger partial charge in [0.05, 0.1) is 5.69 Å². The summed E-state index contributed by atoms with van der Waals surface area (Å²) in [5.74, 6) is 0.0980. The Kier molecular flexibility index (Phi) is 16.2. The molecule has 2 saturated heterocycles. The number of nitrogens with zero attached hydrogens (tertiary/aromatic N) is 2. The third-order valence-corrected chi connectivity index (χ3v) is 10.2. The van der Waals surface area contributed by atoms with Crippen LogP contribution in [0.5, 0.6) is 5.75 Å². The lowest BCUT2D eigenvalue weighted by Gasteiger charge is -2.31. The first-order valence-corrected chi connectivity index (χ1v) is 19.5. The van der Waals surface area contributed by atoms with E-state index in [1.54, 1.807) is 12.1 Å². The Hall–Kier alpha value is -4.94. The number of rotatable bonds is 18. The van der Waals surface area contributed by atoms with Gasteiger partial charge in [-0.1, -0.05) is 60.7 Å². The number of hydrogen-bond acceptors (Lipinski definition) is 8. The number of amides is 4. The average Bonchev–Trinajstić information content (AvgIpc) is 3.40. The van der Waals surface area contributed by atoms with Crippen LogP contribution in [0.2, 0.25) is 0 Å². The monoisotopic (exact) mass is 740 g/mol. The normalized spacial score (nSPS) is 16.1. The molecule has 290 valence electrons. The van der Waals surface area contributed by atoms with Crippen molar-refractivity contribution in [2.75, 3.05) is 64.2 Å². The molecule has 5 N–H and O–H groups in total. The zero-order chi connectivity index (χ0) is 38.0. The minimum atomic E-state index is -0.453. The van der Waals surface area contributed by atoms with Gasteiger partial charge in [-0.15, -0.1) is 0 Å². The Bertz CT molecular complexity index is 1630. The highest BCUT2D eigenvalue weighted by molar-refractivity contribution is 5.91. The summed E-state index contributed by atoms with van der Waals surface area (Å²) in [4.78, 5) is 54.7. The van der Waals surface area contributed by atoms with Crippen molar-refractivity contribution in [1.82, 2.24) is 25.8 Å². The minimum absolute atomic E-state index is 0.0175. The van der Waals surface area contributed by atoms with Crippen LogP contribution < -0.4 is 21.3 Å². The molecule has 3 aromatic carbocycles. The van der Waals surface area contributed by atoms with Crippen molar-refractivity contribution >= 4 is 29.5 Å². The zero-order valence-electron chi connectivity index (χ0n) is 31.3. The van der Waals surface area contributed by atoms with Gasteiger partial charge in [0.2, 0.25) is 17.7 Å². The summed E-state index contributed by atoms with van der Waals surface area (Å²) in [6, 6.07) is 24.6. The molecule has 2 heterocycles. The van der Waals surface area contributed by atoms with E-state index in [9.17, 15) is 24.3 Å². The maximum absolute atomic E-state index is 13.2. The molecule has 1 unspecified atom stereocenters. The van der Waals surface area contributed by atoms with Gasteiger partial charge in [-0.3, -0.25) is 19.7 Å². The molecule has 12 heteroatoms. The lowest BCUT2D eigenvalue weighted by molar-refractivity contribution is -0.125. The fraction of sp³-hybridized carbons (Fsp3) is 0.476. The second-order valence-electron chi connectivity index (χ2n) is 14.2. The third-order valence-electron chi connectivity index (χ3n) is 10.2. The van der Waals surface area contributed by atoms with Crippen molar-refractivity contribution in [2.24, 2.45) is 5.92 Å². The number of likely N-dealkylation sites (tertiary alicyclic amines) is 1. The van der Waals surface area contributed by atoms with Crippen LogP contribution in [0.1, 0.15) is 56.9 Å². The van der Waals surface area contributed by atoms with Crippen molar-refractivity contribution in [2.45, 2.75) is 63.9 Å². The van der Waals surface area contributed by atoms with Gasteiger partial charge >= 0.3 is 6.09 Å². The highest BCUT2D eigenvalue weighted by Crippen LogP contribution is 2.28. The van der Waals surface area contributed by atoms with E-state index in [-0.39, 0.29) is 35.5 Å². The Morgan fingerprint density at radius 3 is 2.30 bits per heavy atom. The molecule has 2 aliphatic rings. The number of piperidine rings is 1. The van der Waals surface area contributed by atoms with E-state index < -0.39 is 6.09 Å². The first kappa shape index (κ1) is 40.2. The molecule has 3 aromatic rings. The van der Waals surface area contributed by atoms with Crippen LogP contribution in [-0.4, -0.2) is 104 Å². The Labute approximate surface area is 319 Å². The first-order chi connectivity index (χ1) is 26.3. The number of phenols is 1. The van der Waals surface area contributed by atoms with E-state index in [1.807, 2.05) is 66.7 Å². The quantitative estimate of drug-likeness (QED) is 0.115. The maximum Gasteiger partial charge on any atom is 0.411 e. The topological polar surface area (TPSA) is 152 Å². The van der Waals surface area contributed by atoms with Crippen molar-refractivity contribution in [3.8, 4) is 16.9 Å². The predicted molar refractivity (Wildman–Crippen MR) is 210 cm³/mol. The standard InChI is InChI=1S/C42H56N6O6/c49-35-15-13-32(14-16-35)31-34(17-25-48-29-21-40(51)44-24-30-48)41(52)45-23-8-2-7-22-43-39(50)20-28-47-26-18-36(19-27-47)54-42(53)46-38-12-6-5-11-37(38)33-9-3-1-4-10-33/h1,3-6,9-16,34,36,49H,2,7-8,17-31H2,(H,43,50)(H,44,51)(H,45,52)(H,46,53). The molecule has 0 radical (unpaired) electrons. The average molecular weight is 741 g/mol. The van der Waals surface area contributed by atoms with Crippen molar-refractivity contribution in [3.63, 3.8) is 0 Å². The molecule has 12 nitrogen and oxygen atoms in total. The Morgan fingerprint density at radius 1 is 0.815 bits per heavy atom. The number of phenolic OH excluding ortho intramolecular Hbond substituents is 1. The number of hydrogen-bond donors (Lipinski definition) is 5. The molecule has 0 saturated carbocycles. The molecule has 4 amide bonds. The Balaban J connectivity index is 0.916. The van der Waals surface area contributed by atoms with Gasteiger partial charge in [0.25, 0.3) is 0 Å². The van der Waals surface area contributed by atoms with Crippen LogP contribution in [0.3, 0.4) is 0 Å². The zero-order valence-corrected chi connectivity index (χ0v) is 31.3. The van der Waals surface area contributed by atoms with Gasteiger partial charge < -0.3 is 35.6 Å². The number of unbranched alkanes of at least 4 members (excludes halogenated alkanes) is 2. The summed E-state index contributed by atoms with van der Waals surface area (Å²) in [6.07, 6.45) is 5.53. The fourth-order valence-corrected chi connectivity index (χ4v) is 6.98. The van der Waals surface area contributed by atoms with Crippen molar-refractivity contribution < 1.29 is 29.0 Å². The maximum atomic E-state index is 13.2. The molecule has 0 bridgehead atoms. The first-order valence-electron chi connectivity index (χ1n) is 19.5. The van der Waals surface area contributed by atoms with Crippen LogP contribution in [0.15, 0.2) is 78.9 Å². The van der Waals surface area contributed by atoms with E-state index in [0.717, 1.165) is 75.0 Å². The van der Waals surface area contributed by atoms with E-state index in [2.05, 4.69) is 31.1 Å². The molecule has 0 aliphatic carbocycles. The molecule has 0 spiro atoms. The number of para-hydroxylation sites is 1. The number of ether oxygens (including phenoxy) is 1. The second kappa shape index (κ2) is 21.7. The van der Waals surface area contributed by atoms with Crippen LogP contribution in [0.25, 0.3) is 11.1 Å². The predicted octanol–water partition coefficient (Wildman–Crippen LogP) is 4.94. The lowest BCUT2D eigenvalue weighted by Crippen LogP contribution is -2.40. The second-order valence-corrected chi connectivity index (χ2v) is 14.2. The molecule has 1 atom stereocenters. The highest BCUT2D eigenvalue weighted by Gasteiger charge is 2.24. The van der Waals surface area contributed by atoms with Gasteiger partial charge in [0, 0.05) is 76.7 Å². The molecular weight excluding hydrogens is 684 g/mol. The fourth-order valence-electron chi connectivity index (χ4n) is 6.98. The lowest BCUT2D eigenvalue weighted by atomic mass is 9.94. The van der Waals surface area contributed by atoms with Gasteiger partial charge in [-0.25, -0.2) is 4.79 Å². The van der Waals surface area contributed by atoms with E-state index >= 15 is 0 Å². The number of aromatic hydroxyl groups is 1. The number of anilines is 1. The number of carbonyl (C=O) groups excluding carboxylic acids is 4. The molecular formula is C42H56N6O6. The highest BCUT2D eigenvalue weighted by atomic mass is 16.6. The molecule has 2 aliphatic heterocycles. The van der Waals surface area contributed by atoms with Crippen LogP contribution in [-0.2, 0) is 25.5 Å². The molecule has 5 rings (SSSR count). The van der Waals surface area contributed by atoms with Crippen LogP contribution in [0, 0.1) is 5.92 Å². The van der Waals surface area contributed by atoms with Crippen LogP contribution >= 0.6 is 0 Å². The SMILES string of the molecule is O=C(CCN1CCC(OC(=O)Nc2ccccc2-c2ccccc2)CC1)NCCCCCNC(=O)C(CCN1CCNC(=O)CC1)Cc1ccc(O)cc1. The third kappa shape index (κ3) is 13.8.